The molecule has 1 heterocycles. The summed E-state index contributed by atoms with van der Waals surface area (Å²) >= 11 is 0. The number of fused-ring (bicyclic) bond motifs is 2. The Morgan fingerprint density at radius 3 is 1.93 bits per heavy atom. The van der Waals surface area contributed by atoms with Crippen LogP contribution in [0.3, 0.4) is 0 Å². The SMILES string of the molecule is CCCCS(=O)(=O)N1CCN(C2c3ccccc3CCc3ccccc32)CC1. The highest BCUT2D eigenvalue weighted by Crippen LogP contribution is 2.37. The number of hydrogen-bond acceptors (Lipinski definition) is 3. The maximum absolute atomic E-state index is 12.6. The first-order valence-corrected chi connectivity index (χ1v) is 12.1. The molecule has 0 saturated carbocycles. The molecule has 0 amide bonds. The first-order valence-electron chi connectivity index (χ1n) is 10.5. The van der Waals surface area contributed by atoms with E-state index in [0.717, 1.165) is 38.8 Å². The molecule has 4 nitrogen and oxygen atoms in total. The summed E-state index contributed by atoms with van der Waals surface area (Å²) in [7, 11) is -3.12. The van der Waals surface area contributed by atoms with Crippen molar-refractivity contribution in [3.63, 3.8) is 0 Å². The quantitative estimate of drug-likeness (QED) is 0.772. The van der Waals surface area contributed by atoms with Gasteiger partial charge < -0.3 is 0 Å². The third-order valence-electron chi connectivity index (χ3n) is 6.15. The molecule has 2 aromatic carbocycles. The molecule has 0 atom stereocenters. The Morgan fingerprint density at radius 1 is 0.857 bits per heavy atom. The second-order valence-electron chi connectivity index (χ2n) is 7.90. The molecule has 1 fully saturated rings. The van der Waals surface area contributed by atoms with E-state index in [4.69, 9.17) is 0 Å². The van der Waals surface area contributed by atoms with Crippen molar-refractivity contribution in [2.45, 2.75) is 38.6 Å². The van der Waals surface area contributed by atoms with Crippen LogP contribution in [-0.4, -0.2) is 49.6 Å². The van der Waals surface area contributed by atoms with Crippen molar-refractivity contribution in [3.05, 3.63) is 70.8 Å². The fourth-order valence-electron chi connectivity index (χ4n) is 4.58. The van der Waals surface area contributed by atoms with Crippen molar-refractivity contribution in [2.24, 2.45) is 0 Å². The Kier molecular flexibility index (Phi) is 5.85. The van der Waals surface area contributed by atoms with Crippen LogP contribution in [0.4, 0.5) is 0 Å². The molecule has 1 aliphatic heterocycles. The van der Waals surface area contributed by atoms with E-state index in [2.05, 4.69) is 53.4 Å². The Bertz CT molecular complexity index is 870. The number of nitrogens with zero attached hydrogens (tertiary/aromatic N) is 2. The molecule has 1 saturated heterocycles. The van der Waals surface area contributed by atoms with Gasteiger partial charge in [0, 0.05) is 26.2 Å². The summed E-state index contributed by atoms with van der Waals surface area (Å²) in [5.74, 6) is 0.276. The normalized spacial score (nSPS) is 19.0. The number of aryl methyl sites for hydroxylation is 2. The van der Waals surface area contributed by atoms with Crippen molar-refractivity contribution in [2.75, 3.05) is 31.9 Å². The first kappa shape index (κ1) is 19.6. The van der Waals surface area contributed by atoms with Gasteiger partial charge in [0.25, 0.3) is 0 Å². The van der Waals surface area contributed by atoms with E-state index in [9.17, 15) is 8.42 Å². The summed E-state index contributed by atoms with van der Waals surface area (Å²) < 4.78 is 26.9. The van der Waals surface area contributed by atoms with Crippen LogP contribution < -0.4 is 0 Å². The van der Waals surface area contributed by atoms with Crippen molar-refractivity contribution >= 4 is 10.0 Å². The number of benzene rings is 2. The zero-order chi connectivity index (χ0) is 19.6. The molecule has 5 heteroatoms. The Morgan fingerprint density at radius 2 is 1.39 bits per heavy atom. The molecule has 2 aromatic rings. The highest BCUT2D eigenvalue weighted by Gasteiger charge is 2.33. The molecule has 1 aliphatic carbocycles. The lowest BCUT2D eigenvalue weighted by atomic mass is 9.93. The zero-order valence-corrected chi connectivity index (χ0v) is 17.5. The van der Waals surface area contributed by atoms with Crippen LogP contribution in [0.1, 0.15) is 48.1 Å². The van der Waals surface area contributed by atoms with Crippen LogP contribution in [-0.2, 0) is 22.9 Å². The second-order valence-corrected chi connectivity index (χ2v) is 9.99. The molecule has 0 N–H and O–H groups in total. The van der Waals surface area contributed by atoms with Gasteiger partial charge in [0.1, 0.15) is 0 Å². The smallest absolute Gasteiger partial charge is 0.214 e. The standard InChI is InChI=1S/C23H30N2O2S/c1-2-3-18-28(26,27)25-16-14-24(15-17-25)23-21-10-6-4-8-19(21)12-13-20-9-5-7-11-22(20)23/h4-11,23H,2-3,12-18H2,1H3. The maximum Gasteiger partial charge on any atom is 0.214 e. The van der Waals surface area contributed by atoms with E-state index >= 15 is 0 Å². The summed E-state index contributed by atoms with van der Waals surface area (Å²) in [5.41, 5.74) is 5.60. The van der Waals surface area contributed by atoms with Crippen LogP contribution in [0.5, 0.6) is 0 Å². The zero-order valence-electron chi connectivity index (χ0n) is 16.7. The van der Waals surface area contributed by atoms with E-state index < -0.39 is 10.0 Å². The molecule has 0 aromatic heterocycles. The van der Waals surface area contributed by atoms with E-state index in [1.165, 1.54) is 22.3 Å². The van der Waals surface area contributed by atoms with E-state index in [-0.39, 0.29) is 11.8 Å². The Hall–Kier alpha value is -1.69. The highest BCUT2D eigenvalue weighted by atomic mass is 32.2. The van der Waals surface area contributed by atoms with E-state index in [1.54, 1.807) is 4.31 Å². The molecule has 28 heavy (non-hydrogen) atoms. The third kappa shape index (κ3) is 3.88. The molecule has 2 aliphatic rings. The van der Waals surface area contributed by atoms with Gasteiger partial charge in [-0.25, -0.2) is 8.42 Å². The number of piperazine rings is 1. The topological polar surface area (TPSA) is 40.6 Å². The molecule has 150 valence electrons. The van der Waals surface area contributed by atoms with Crippen LogP contribution >= 0.6 is 0 Å². The minimum atomic E-state index is -3.12. The molecule has 0 radical (unpaired) electrons. The fraction of sp³-hybridized carbons (Fsp3) is 0.478. The molecule has 0 unspecified atom stereocenters. The van der Waals surface area contributed by atoms with Gasteiger partial charge in [-0.3, -0.25) is 4.90 Å². The predicted octanol–water partition coefficient (Wildman–Crippen LogP) is 3.62. The molecule has 0 bridgehead atoms. The van der Waals surface area contributed by atoms with Crippen LogP contribution in [0.15, 0.2) is 48.5 Å². The summed E-state index contributed by atoms with van der Waals surface area (Å²) in [6.45, 7) is 4.77. The fourth-order valence-corrected chi connectivity index (χ4v) is 6.21. The number of rotatable bonds is 5. The summed E-state index contributed by atoms with van der Waals surface area (Å²) in [4.78, 5) is 2.48. The van der Waals surface area contributed by atoms with Crippen LogP contribution in [0.2, 0.25) is 0 Å². The minimum Gasteiger partial charge on any atom is -0.290 e. The largest absolute Gasteiger partial charge is 0.290 e. The maximum atomic E-state index is 12.6. The van der Waals surface area contributed by atoms with E-state index in [0.29, 0.717) is 13.1 Å². The van der Waals surface area contributed by atoms with Crippen LogP contribution in [0, 0.1) is 0 Å². The van der Waals surface area contributed by atoms with Gasteiger partial charge in [-0.05, 0) is 41.5 Å². The second kappa shape index (κ2) is 8.36. The summed E-state index contributed by atoms with van der Waals surface area (Å²) in [6.07, 6.45) is 3.78. The van der Waals surface area contributed by atoms with Gasteiger partial charge in [0.2, 0.25) is 10.0 Å². The van der Waals surface area contributed by atoms with Crippen LogP contribution in [0.25, 0.3) is 0 Å². The molecular weight excluding hydrogens is 368 g/mol. The lowest BCUT2D eigenvalue weighted by Crippen LogP contribution is -2.50. The average molecular weight is 399 g/mol. The minimum absolute atomic E-state index is 0.218. The van der Waals surface area contributed by atoms with Crippen molar-refractivity contribution in [1.82, 2.24) is 9.21 Å². The molecular formula is C23H30N2O2S. The average Bonchev–Trinajstić information content (AvgIpc) is 2.89. The third-order valence-corrected chi connectivity index (χ3v) is 8.11. The first-order chi connectivity index (χ1) is 13.6. The number of unbranched alkanes of at least 4 members (excludes halogenated alkanes) is 1. The highest BCUT2D eigenvalue weighted by molar-refractivity contribution is 7.89. The van der Waals surface area contributed by atoms with E-state index in [1.807, 2.05) is 6.92 Å². The van der Waals surface area contributed by atoms with Crippen molar-refractivity contribution in [1.29, 1.82) is 0 Å². The van der Waals surface area contributed by atoms with Crippen molar-refractivity contribution < 1.29 is 8.42 Å². The van der Waals surface area contributed by atoms with Gasteiger partial charge in [-0.1, -0.05) is 61.9 Å². The number of hydrogen-bond donors (Lipinski definition) is 0. The lowest BCUT2D eigenvalue weighted by Gasteiger charge is -2.39. The van der Waals surface area contributed by atoms with Gasteiger partial charge >= 0.3 is 0 Å². The molecule has 4 rings (SSSR count). The van der Waals surface area contributed by atoms with Gasteiger partial charge in [0.15, 0.2) is 0 Å². The monoisotopic (exact) mass is 398 g/mol. The Balaban J connectivity index is 1.60. The molecule has 0 spiro atoms. The Labute approximate surface area is 169 Å². The predicted molar refractivity (Wildman–Crippen MR) is 114 cm³/mol. The number of sulfonamides is 1. The van der Waals surface area contributed by atoms with Gasteiger partial charge in [0.05, 0.1) is 11.8 Å². The van der Waals surface area contributed by atoms with Crippen molar-refractivity contribution in [3.8, 4) is 0 Å². The van der Waals surface area contributed by atoms with Gasteiger partial charge in [-0.15, -0.1) is 0 Å². The van der Waals surface area contributed by atoms with Gasteiger partial charge in [-0.2, -0.15) is 4.31 Å². The lowest BCUT2D eigenvalue weighted by molar-refractivity contribution is 0.155. The summed E-state index contributed by atoms with van der Waals surface area (Å²) in [5, 5.41) is 0. The summed E-state index contributed by atoms with van der Waals surface area (Å²) in [6, 6.07) is 17.7.